The van der Waals surface area contributed by atoms with Crippen LogP contribution in [0, 0.1) is 5.41 Å². The number of aliphatic carboxylic acids is 1. The molecule has 0 amide bonds. The van der Waals surface area contributed by atoms with Gasteiger partial charge in [0.05, 0.1) is 5.97 Å². The molecule has 0 bridgehead atoms. The summed E-state index contributed by atoms with van der Waals surface area (Å²) < 4.78 is 0. The van der Waals surface area contributed by atoms with Crippen LogP contribution in [0.1, 0.15) is 26.7 Å². The summed E-state index contributed by atoms with van der Waals surface area (Å²) in [6.45, 7) is 3.81. The normalized spacial score (nSPS) is 19.8. The summed E-state index contributed by atoms with van der Waals surface area (Å²) in [6, 6.07) is 0. The van der Waals surface area contributed by atoms with E-state index in [9.17, 15) is 9.90 Å². The zero-order valence-corrected chi connectivity index (χ0v) is 6.31. The fourth-order valence-electron chi connectivity index (χ4n) is 1.09. The molecule has 0 N–H and O–H groups in total. The smallest absolute Gasteiger partial charge is 0.0514 e. The third-order valence-corrected chi connectivity index (χ3v) is 1.76. The molecular formula is C8H11O2-. The van der Waals surface area contributed by atoms with Crippen molar-refractivity contribution >= 4 is 5.97 Å². The molecule has 0 aliphatic heterocycles. The fourth-order valence-corrected chi connectivity index (χ4v) is 1.09. The van der Waals surface area contributed by atoms with Gasteiger partial charge in [0.15, 0.2) is 0 Å². The van der Waals surface area contributed by atoms with Gasteiger partial charge < -0.3 is 9.90 Å². The van der Waals surface area contributed by atoms with Gasteiger partial charge in [0.1, 0.15) is 0 Å². The SMILES string of the molecule is CC(C)=CC1(C(=O)[O-])CC1. The molecule has 1 saturated carbocycles. The maximum absolute atomic E-state index is 10.5. The van der Waals surface area contributed by atoms with E-state index in [2.05, 4.69) is 0 Å². The molecule has 0 atom stereocenters. The highest BCUT2D eigenvalue weighted by molar-refractivity contribution is 5.78. The van der Waals surface area contributed by atoms with Gasteiger partial charge in [-0.15, -0.1) is 0 Å². The summed E-state index contributed by atoms with van der Waals surface area (Å²) in [7, 11) is 0. The van der Waals surface area contributed by atoms with Crippen LogP contribution in [-0.4, -0.2) is 5.97 Å². The average molecular weight is 139 g/mol. The van der Waals surface area contributed by atoms with Crippen LogP contribution in [0.2, 0.25) is 0 Å². The van der Waals surface area contributed by atoms with Gasteiger partial charge in [0, 0.05) is 5.41 Å². The second-order valence-electron chi connectivity index (χ2n) is 3.17. The average Bonchev–Trinajstić information content (AvgIpc) is 2.46. The molecule has 1 rings (SSSR count). The molecule has 1 aliphatic carbocycles. The molecule has 0 aromatic rings. The number of hydrogen-bond acceptors (Lipinski definition) is 2. The molecule has 1 aliphatic rings. The Bertz CT molecular complexity index is 183. The number of rotatable bonds is 2. The van der Waals surface area contributed by atoms with Gasteiger partial charge in [-0.05, 0) is 26.7 Å². The number of carboxylic acids is 1. The van der Waals surface area contributed by atoms with Crippen molar-refractivity contribution in [3.8, 4) is 0 Å². The third-order valence-electron chi connectivity index (χ3n) is 1.76. The molecule has 2 heteroatoms. The van der Waals surface area contributed by atoms with Crippen molar-refractivity contribution in [2.45, 2.75) is 26.7 Å². The molecule has 56 valence electrons. The second kappa shape index (κ2) is 2.11. The van der Waals surface area contributed by atoms with Crippen molar-refractivity contribution in [1.29, 1.82) is 0 Å². The lowest BCUT2D eigenvalue weighted by molar-refractivity contribution is -0.311. The predicted molar refractivity (Wildman–Crippen MR) is 36.1 cm³/mol. The highest BCUT2D eigenvalue weighted by atomic mass is 16.4. The minimum Gasteiger partial charge on any atom is -0.549 e. The van der Waals surface area contributed by atoms with Crippen molar-refractivity contribution in [3.63, 3.8) is 0 Å². The molecule has 0 aromatic carbocycles. The number of allylic oxidation sites excluding steroid dienone is 1. The first kappa shape index (κ1) is 7.32. The van der Waals surface area contributed by atoms with E-state index in [0.717, 1.165) is 18.4 Å². The molecule has 2 nitrogen and oxygen atoms in total. The van der Waals surface area contributed by atoms with Crippen LogP contribution in [0.25, 0.3) is 0 Å². The standard InChI is InChI=1S/C8H12O2/c1-6(2)5-8(3-4-8)7(9)10/h5H,3-4H2,1-2H3,(H,9,10)/p-1. The van der Waals surface area contributed by atoms with Gasteiger partial charge in [-0.25, -0.2) is 0 Å². The number of carboxylic acid groups (broad SMARTS) is 1. The zero-order valence-electron chi connectivity index (χ0n) is 6.31. The first-order valence-corrected chi connectivity index (χ1v) is 3.44. The Morgan fingerprint density at radius 3 is 2.10 bits per heavy atom. The first-order valence-electron chi connectivity index (χ1n) is 3.44. The molecule has 0 radical (unpaired) electrons. The van der Waals surface area contributed by atoms with Crippen molar-refractivity contribution in [2.75, 3.05) is 0 Å². The summed E-state index contributed by atoms with van der Waals surface area (Å²) >= 11 is 0. The summed E-state index contributed by atoms with van der Waals surface area (Å²) in [5.74, 6) is -0.922. The van der Waals surface area contributed by atoms with E-state index < -0.39 is 11.4 Å². The topological polar surface area (TPSA) is 40.1 Å². The summed E-state index contributed by atoms with van der Waals surface area (Å²) in [4.78, 5) is 10.5. The second-order valence-corrected chi connectivity index (χ2v) is 3.17. The Morgan fingerprint density at radius 1 is 1.50 bits per heavy atom. The summed E-state index contributed by atoms with van der Waals surface area (Å²) in [6.07, 6.45) is 3.30. The number of hydrogen-bond donors (Lipinski definition) is 0. The van der Waals surface area contributed by atoms with E-state index in [4.69, 9.17) is 0 Å². The zero-order chi connectivity index (χ0) is 7.78. The van der Waals surface area contributed by atoms with E-state index in [0.29, 0.717) is 0 Å². The van der Waals surface area contributed by atoms with E-state index in [1.807, 2.05) is 13.8 Å². The number of carbonyl (C=O) groups is 1. The van der Waals surface area contributed by atoms with Crippen LogP contribution < -0.4 is 5.11 Å². The summed E-state index contributed by atoms with van der Waals surface area (Å²) in [5.41, 5.74) is 0.473. The fraction of sp³-hybridized carbons (Fsp3) is 0.625. The van der Waals surface area contributed by atoms with E-state index in [-0.39, 0.29) is 0 Å². The van der Waals surface area contributed by atoms with Crippen LogP contribution >= 0.6 is 0 Å². The van der Waals surface area contributed by atoms with Gasteiger partial charge >= 0.3 is 0 Å². The van der Waals surface area contributed by atoms with Gasteiger partial charge in [-0.3, -0.25) is 0 Å². The van der Waals surface area contributed by atoms with Crippen LogP contribution in [-0.2, 0) is 4.79 Å². The van der Waals surface area contributed by atoms with Gasteiger partial charge in [0.2, 0.25) is 0 Å². The van der Waals surface area contributed by atoms with Gasteiger partial charge in [-0.1, -0.05) is 11.6 Å². The van der Waals surface area contributed by atoms with Gasteiger partial charge in [-0.2, -0.15) is 0 Å². The molecular weight excluding hydrogens is 128 g/mol. The monoisotopic (exact) mass is 139 g/mol. The molecule has 1 fully saturated rings. The maximum atomic E-state index is 10.5. The highest BCUT2D eigenvalue weighted by Crippen LogP contribution is 2.47. The maximum Gasteiger partial charge on any atom is 0.0514 e. The molecule has 0 unspecified atom stereocenters. The lowest BCUT2D eigenvalue weighted by Gasteiger charge is -2.10. The summed E-state index contributed by atoms with van der Waals surface area (Å²) in [5, 5.41) is 10.5. The van der Waals surface area contributed by atoms with Crippen LogP contribution in [0.15, 0.2) is 11.6 Å². The van der Waals surface area contributed by atoms with Crippen LogP contribution in [0.4, 0.5) is 0 Å². The van der Waals surface area contributed by atoms with Gasteiger partial charge in [0.25, 0.3) is 0 Å². The molecule has 0 aromatic heterocycles. The Balaban J connectivity index is 2.71. The largest absolute Gasteiger partial charge is 0.549 e. The van der Waals surface area contributed by atoms with Crippen molar-refractivity contribution < 1.29 is 9.90 Å². The Morgan fingerprint density at radius 2 is 2.00 bits per heavy atom. The minimum atomic E-state index is -0.922. The van der Waals surface area contributed by atoms with E-state index >= 15 is 0 Å². The van der Waals surface area contributed by atoms with Crippen molar-refractivity contribution in [1.82, 2.24) is 0 Å². The Kier molecular flexibility index (Phi) is 1.55. The Labute approximate surface area is 60.6 Å². The number of carbonyl (C=O) groups excluding carboxylic acids is 1. The highest BCUT2D eigenvalue weighted by Gasteiger charge is 2.41. The van der Waals surface area contributed by atoms with E-state index in [1.54, 1.807) is 6.08 Å². The minimum absolute atomic E-state index is 0.584. The molecule has 0 heterocycles. The van der Waals surface area contributed by atoms with Crippen LogP contribution in [0.5, 0.6) is 0 Å². The third kappa shape index (κ3) is 1.20. The van der Waals surface area contributed by atoms with Crippen LogP contribution in [0.3, 0.4) is 0 Å². The van der Waals surface area contributed by atoms with E-state index in [1.165, 1.54) is 0 Å². The Hall–Kier alpha value is -0.790. The van der Waals surface area contributed by atoms with Crippen molar-refractivity contribution in [2.24, 2.45) is 5.41 Å². The quantitative estimate of drug-likeness (QED) is 0.522. The molecule has 0 spiro atoms. The molecule has 0 saturated heterocycles. The molecule has 10 heavy (non-hydrogen) atoms. The predicted octanol–water partition coefficient (Wildman–Crippen LogP) is 0.483. The van der Waals surface area contributed by atoms with Crippen molar-refractivity contribution in [3.05, 3.63) is 11.6 Å². The lowest BCUT2D eigenvalue weighted by Crippen LogP contribution is -2.31. The lowest BCUT2D eigenvalue weighted by atomic mass is 10.1. The first-order chi connectivity index (χ1) is 4.57.